The Balaban J connectivity index is 2.90. The van der Waals surface area contributed by atoms with Crippen LogP contribution in [0.4, 0.5) is 8.78 Å². The van der Waals surface area contributed by atoms with E-state index in [9.17, 15) is 22.0 Å². The van der Waals surface area contributed by atoms with Crippen molar-refractivity contribution in [1.29, 1.82) is 0 Å². The van der Waals surface area contributed by atoms with Crippen molar-refractivity contribution >= 4 is 15.8 Å². The maximum absolute atomic E-state index is 12.1. The molecule has 12 heavy (non-hydrogen) atoms. The van der Waals surface area contributed by atoms with Crippen molar-refractivity contribution in [3.63, 3.8) is 0 Å². The van der Waals surface area contributed by atoms with Crippen molar-refractivity contribution in [1.82, 2.24) is 0 Å². The zero-order valence-corrected chi connectivity index (χ0v) is 6.64. The minimum Gasteiger partial charge on any atom is -0.481 e. The van der Waals surface area contributed by atoms with E-state index in [1.165, 1.54) is 0 Å². The number of hydrogen-bond donors (Lipinski definition) is 1. The summed E-state index contributed by atoms with van der Waals surface area (Å²) in [6.45, 7) is 0. The molecular formula is C5H6F2O4S. The molecule has 1 N–H and O–H groups in total. The molecular weight excluding hydrogens is 194 g/mol. The van der Waals surface area contributed by atoms with Crippen LogP contribution in [0.15, 0.2) is 0 Å². The first-order valence-electron chi connectivity index (χ1n) is 3.02. The lowest BCUT2D eigenvalue weighted by Gasteiger charge is -2.35. The number of carbonyl (C=O) groups is 1. The van der Waals surface area contributed by atoms with Gasteiger partial charge in [0, 0.05) is 0 Å². The molecule has 0 aromatic carbocycles. The molecule has 4 nitrogen and oxygen atoms in total. The Morgan fingerprint density at radius 3 is 1.92 bits per heavy atom. The van der Waals surface area contributed by atoms with Crippen molar-refractivity contribution in [2.75, 3.05) is 11.5 Å². The van der Waals surface area contributed by atoms with Crippen LogP contribution in [0.25, 0.3) is 0 Å². The van der Waals surface area contributed by atoms with Gasteiger partial charge in [-0.1, -0.05) is 0 Å². The summed E-state index contributed by atoms with van der Waals surface area (Å²) in [5.74, 6) is -3.65. The lowest BCUT2D eigenvalue weighted by atomic mass is 9.93. The highest BCUT2D eigenvalue weighted by molar-refractivity contribution is 7.93. The van der Waals surface area contributed by atoms with Crippen molar-refractivity contribution in [2.45, 2.75) is 6.43 Å². The third kappa shape index (κ3) is 1.17. The van der Waals surface area contributed by atoms with Crippen LogP contribution in [0, 0.1) is 5.41 Å². The van der Waals surface area contributed by atoms with Gasteiger partial charge in [0.05, 0.1) is 11.5 Å². The van der Waals surface area contributed by atoms with Gasteiger partial charge in [-0.3, -0.25) is 4.79 Å². The van der Waals surface area contributed by atoms with Crippen molar-refractivity contribution in [3.05, 3.63) is 0 Å². The van der Waals surface area contributed by atoms with E-state index in [0.29, 0.717) is 0 Å². The lowest BCUT2D eigenvalue weighted by molar-refractivity contribution is -0.156. The SMILES string of the molecule is O=C(O)C1(C(F)F)CS(=O)(=O)C1. The first kappa shape index (κ1) is 9.37. The highest BCUT2D eigenvalue weighted by Crippen LogP contribution is 2.38. The number of alkyl halides is 2. The number of carboxylic acid groups (broad SMARTS) is 1. The predicted octanol–water partition coefficient (Wildman–Crippen LogP) is -0.249. The van der Waals surface area contributed by atoms with E-state index < -0.39 is 39.2 Å². The largest absolute Gasteiger partial charge is 0.481 e. The van der Waals surface area contributed by atoms with Crippen LogP contribution in [-0.2, 0) is 14.6 Å². The molecule has 1 heterocycles. The van der Waals surface area contributed by atoms with E-state index in [-0.39, 0.29) is 0 Å². The standard InChI is InChI=1S/C5H6F2O4S/c6-3(7)5(4(8)9)1-12(10,11)2-5/h3H,1-2H2,(H,8,9). The van der Waals surface area contributed by atoms with Crippen molar-refractivity contribution in [2.24, 2.45) is 5.41 Å². The average molecular weight is 200 g/mol. The zero-order chi connectivity index (χ0) is 9.57. The van der Waals surface area contributed by atoms with E-state index in [2.05, 4.69) is 0 Å². The Hall–Kier alpha value is -0.720. The number of carboxylic acids is 1. The molecule has 70 valence electrons. The second-order valence-corrected chi connectivity index (χ2v) is 4.86. The molecule has 1 rings (SSSR count). The molecule has 0 unspecified atom stereocenters. The molecule has 0 aliphatic carbocycles. The van der Waals surface area contributed by atoms with Gasteiger partial charge in [-0.2, -0.15) is 0 Å². The summed E-state index contributed by atoms with van der Waals surface area (Å²) in [5, 5.41) is 8.34. The fourth-order valence-corrected chi connectivity index (χ4v) is 3.07. The van der Waals surface area contributed by atoms with Crippen molar-refractivity contribution < 1.29 is 27.1 Å². The number of rotatable bonds is 2. The maximum Gasteiger partial charge on any atom is 0.317 e. The Labute approximate surface area is 67.1 Å². The first-order chi connectivity index (χ1) is 5.30. The molecule has 0 atom stereocenters. The Kier molecular flexibility index (Phi) is 1.86. The van der Waals surface area contributed by atoms with Crippen LogP contribution < -0.4 is 0 Å². The molecule has 1 aliphatic rings. The highest BCUT2D eigenvalue weighted by Gasteiger charge is 2.61. The van der Waals surface area contributed by atoms with Crippen LogP contribution in [0.5, 0.6) is 0 Å². The van der Waals surface area contributed by atoms with Crippen LogP contribution in [0.3, 0.4) is 0 Å². The fraction of sp³-hybridized carbons (Fsp3) is 0.800. The third-order valence-corrected chi connectivity index (χ3v) is 3.71. The summed E-state index contributed by atoms with van der Waals surface area (Å²) in [5.41, 5.74) is -2.35. The lowest BCUT2D eigenvalue weighted by Crippen LogP contribution is -2.58. The van der Waals surface area contributed by atoms with Crippen LogP contribution >= 0.6 is 0 Å². The van der Waals surface area contributed by atoms with E-state index in [1.54, 1.807) is 0 Å². The van der Waals surface area contributed by atoms with E-state index in [1.807, 2.05) is 0 Å². The van der Waals surface area contributed by atoms with E-state index in [0.717, 1.165) is 0 Å². The fourth-order valence-electron chi connectivity index (χ4n) is 1.09. The monoisotopic (exact) mass is 200 g/mol. The van der Waals surface area contributed by atoms with E-state index in [4.69, 9.17) is 5.11 Å². The Morgan fingerprint density at radius 2 is 1.83 bits per heavy atom. The van der Waals surface area contributed by atoms with Gasteiger partial charge in [-0.25, -0.2) is 17.2 Å². The summed E-state index contributed by atoms with van der Waals surface area (Å²) < 4.78 is 45.2. The third-order valence-electron chi connectivity index (χ3n) is 1.80. The zero-order valence-electron chi connectivity index (χ0n) is 5.83. The summed E-state index contributed by atoms with van der Waals surface area (Å²) >= 11 is 0. The molecule has 0 aromatic heterocycles. The smallest absolute Gasteiger partial charge is 0.317 e. The number of aliphatic carboxylic acids is 1. The topological polar surface area (TPSA) is 71.4 Å². The van der Waals surface area contributed by atoms with Gasteiger partial charge in [-0.05, 0) is 0 Å². The normalized spacial score (nSPS) is 24.9. The summed E-state index contributed by atoms with van der Waals surface area (Å²) in [4.78, 5) is 10.3. The molecule has 0 aromatic rings. The first-order valence-corrected chi connectivity index (χ1v) is 4.84. The molecule has 0 radical (unpaired) electrons. The van der Waals surface area contributed by atoms with Crippen LogP contribution in [0.2, 0.25) is 0 Å². The molecule has 0 saturated carbocycles. The van der Waals surface area contributed by atoms with Gasteiger partial charge >= 0.3 is 5.97 Å². The molecule has 0 amide bonds. The van der Waals surface area contributed by atoms with Gasteiger partial charge in [-0.15, -0.1) is 0 Å². The minimum absolute atomic E-state index is 0.951. The number of halogens is 2. The average Bonchev–Trinajstić information content (AvgIpc) is 1.80. The highest BCUT2D eigenvalue weighted by atomic mass is 32.2. The van der Waals surface area contributed by atoms with Crippen LogP contribution in [0.1, 0.15) is 0 Å². The quantitative estimate of drug-likeness (QED) is 0.667. The van der Waals surface area contributed by atoms with Gasteiger partial charge in [0.2, 0.25) is 0 Å². The number of hydrogen-bond acceptors (Lipinski definition) is 3. The second kappa shape index (κ2) is 2.38. The molecule has 7 heteroatoms. The minimum atomic E-state index is -3.54. The van der Waals surface area contributed by atoms with Gasteiger partial charge in [0.15, 0.2) is 15.3 Å². The summed E-state index contributed by atoms with van der Waals surface area (Å²) in [6, 6.07) is 0. The molecule has 1 saturated heterocycles. The summed E-state index contributed by atoms with van der Waals surface area (Å²) in [7, 11) is -3.54. The Morgan fingerprint density at radius 1 is 1.42 bits per heavy atom. The molecule has 1 aliphatic heterocycles. The van der Waals surface area contributed by atoms with E-state index >= 15 is 0 Å². The van der Waals surface area contributed by atoms with Crippen molar-refractivity contribution in [3.8, 4) is 0 Å². The molecule has 0 spiro atoms. The predicted molar refractivity (Wildman–Crippen MR) is 34.7 cm³/mol. The second-order valence-electron chi connectivity index (χ2n) is 2.79. The Bertz CT molecular complexity index is 295. The van der Waals surface area contributed by atoms with Crippen LogP contribution in [-0.4, -0.2) is 37.4 Å². The maximum atomic E-state index is 12.1. The molecule has 1 fully saturated rings. The number of sulfone groups is 1. The van der Waals surface area contributed by atoms with Gasteiger partial charge in [0.25, 0.3) is 6.43 Å². The summed E-state index contributed by atoms with van der Waals surface area (Å²) in [6.07, 6.45) is -3.13. The molecule has 0 bridgehead atoms. The van der Waals surface area contributed by atoms with Gasteiger partial charge in [0.1, 0.15) is 0 Å². The van der Waals surface area contributed by atoms with Gasteiger partial charge < -0.3 is 5.11 Å².